The van der Waals surface area contributed by atoms with Crippen LogP contribution in [0, 0.1) is 0 Å². The molecule has 1 aromatic rings. The molecule has 118 valence electrons. The third kappa shape index (κ3) is 6.79. The standard InChI is InChI=1S/C17H26ClNO2/c18-16-6-4-15(5-7-16)3-1-13-21-14-2-10-19-11-8-17(20)9-12-19/h4-7,17,20H,1-3,8-14H2. The summed E-state index contributed by atoms with van der Waals surface area (Å²) in [5.41, 5.74) is 1.31. The lowest BCUT2D eigenvalue weighted by atomic mass is 10.1. The summed E-state index contributed by atoms with van der Waals surface area (Å²) in [4.78, 5) is 2.42. The Labute approximate surface area is 132 Å². The van der Waals surface area contributed by atoms with Gasteiger partial charge in [-0.25, -0.2) is 0 Å². The van der Waals surface area contributed by atoms with Crippen molar-refractivity contribution in [1.29, 1.82) is 0 Å². The fourth-order valence-corrected chi connectivity index (χ4v) is 2.79. The number of piperidine rings is 1. The summed E-state index contributed by atoms with van der Waals surface area (Å²) >= 11 is 5.86. The zero-order chi connectivity index (χ0) is 14.9. The summed E-state index contributed by atoms with van der Waals surface area (Å²) in [6.07, 6.45) is 4.94. The Bertz CT molecular complexity index is 388. The molecule has 0 amide bonds. The second-order valence-corrected chi connectivity index (χ2v) is 6.21. The summed E-state index contributed by atoms with van der Waals surface area (Å²) < 4.78 is 5.69. The van der Waals surface area contributed by atoms with Crippen molar-refractivity contribution >= 4 is 11.6 Å². The van der Waals surface area contributed by atoms with E-state index in [2.05, 4.69) is 17.0 Å². The quantitative estimate of drug-likeness (QED) is 0.749. The molecule has 1 aromatic carbocycles. The van der Waals surface area contributed by atoms with Crippen LogP contribution >= 0.6 is 11.6 Å². The van der Waals surface area contributed by atoms with E-state index in [1.54, 1.807) is 0 Å². The molecule has 0 bridgehead atoms. The number of aliphatic hydroxyl groups excluding tert-OH is 1. The number of halogens is 1. The molecule has 0 aliphatic carbocycles. The summed E-state index contributed by atoms with van der Waals surface area (Å²) in [7, 11) is 0. The molecule has 0 radical (unpaired) electrons. The molecule has 1 N–H and O–H groups in total. The molecule has 1 aliphatic rings. The van der Waals surface area contributed by atoms with Crippen molar-refractivity contribution in [3.8, 4) is 0 Å². The lowest BCUT2D eigenvalue weighted by molar-refractivity contribution is 0.0719. The monoisotopic (exact) mass is 311 g/mol. The SMILES string of the molecule is OC1CCN(CCCOCCCc2ccc(Cl)cc2)CC1. The highest BCUT2D eigenvalue weighted by atomic mass is 35.5. The molecule has 1 saturated heterocycles. The normalized spacial score (nSPS) is 17.2. The molecule has 0 unspecified atom stereocenters. The lowest BCUT2D eigenvalue weighted by Crippen LogP contribution is -2.36. The maximum atomic E-state index is 9.45. The third-order valence-corrected chi connectivity index (χ3v) is 4.24. The van der Waals surface area contributed by atoms with E-state index in [4.69, 9.17) is 16.3 Å². The van der Waals surface area contributed by atoms with Crippen LogP contribution in [-0.4, -0.2) is 49.0 Å². The van der Waals surface area contributed by atoms with Crippen molar-refractivity contribution in [3.63, 3.8) is 0 Å². The molecular formula is C17H26ClNO2. The first kappa shape index (κ1) is 16.8. The van der Waals surface area contributed by atoms with Gasteiger partial charge >= 0.3 is 0 Å². The Morgan fingerprint density at radius 1 is 1.10 bits per heavy atom. The van der Waals surface area contributed by atoms with Crippen LogP contribution in [0.25, 0.3) is 0 Å². The molecule has 21 heavy (non-hydrogen) atoms. The van der Waals surface area contributed by atoms with Gasteiger partial charge in [0, 0.05) is 37.9 Å². The van der Waals surface area contributed by atoms with Crippen molar-refractivity contribution in [2.45, 2.75) is 38.2 Å². The predicted molar refractivity (Wildman–Crippen MR) is 86.9 cm³/mol. The molecule has 3 nitrogen and oxygen atoms in total. The number of hydrogen-bond acceptors (Lipinski definition) is 3. The third-order valence-electron chi connectivity index (χ3n) is 3.99. The molecular weight excluding hydrogens is 286 g/mol. The van der Waals surface area contributed by atoms with Gasteiger partial charge in [-0.05, 0) is 49.8 Å². The molecule has 1 heterocycles. The highest BCUT2D eigenvalue weighted by Crippen LogP contribution is 2.11. The van der Waals surface area contributed by atoms with Crippen molar-refractivity contribution in [1.82, 2.24) is 4.90 Å². The van der Waals surface area contributed by atoms with E-state index >= 15 is 0 Å². The lowest BCUT2D eigenvalue weighted by Gasteiger charge is -2.29. The van der Waals surface area contributed by atoms with Gasteiger partial charge < -0.3 is 14.7 Å². The number of benzene rings is 1. The highest BCUT2D eigenvalue weighted by molar-refractivity contribution is 6.30. The second kappa shape index (κ2) is 9.42. The van der Waals surface area contributed by atoms with Crippen LogP contribution in [0.3, 0.4) is 0 Å². The number of rotatable bonds is 8. The van der Waals surface area contributed by atoms with Gasteiger partial charge in [0.15, 0.2) is 0 Å². The zero-order valence-electron chi connectivity index (χ0n) is 12.6. The largest absolute Gasteiger partial charge is 0.393 e. The predicted octanol–water partition coefficient (Wildman–Crippen LogP) is 3.14. The summed E-state index contributed by atoms with van der Waals surface area (Å²) in [6, 6.07) is 8.03. The molecule has 0 atom stereocenters. The van der Waals surface area contributed by atoms with Gasteiger partial charge in [0.25, 0.3) is 0 Å². The van der Waals surface area contributed by atoms with E-state index in [0.717, 1.165) is 70.0 Å². The van der Waals surface area contributed by atoms with Crippen molar-refractivity contribution in [3.05, 3.63) is 34.9 Å². The smallest absolute Gasteiger partial charge is 0.0564 e. The Kier molecular flexibility index (Phi) is 7.51. The topological polar surface area (TPSA) is 32.7 Å². The van der Waals surface area contributed by atoms with E-state index in [0.29, 0.717) is 0 Å². The van der Waals surface area contributed by atoms with Gasteiger partial charge in [-0.3, -0.25) is 0 Å². The number of likely N-dealkylation sites (tertiary alicyclic amines) is 1. The minimum atomic E-state index is -0.0784. The van der Waals surface area contributed by atoms with Gasteiger partial charge in [0.05, 0.1) is 6.10 Å². The van der Waals surface area contributed by atoms with Crippen molar-refractivity contribution < 1.29 is 9.84 Å². The first-order valence-electron chi connectivity index (χ1n) is 7.96. The van der Waals surface area contributed by atoms with Gasteiger partial charge in [0.1, 0.15) is 0 Å². The maximum absolute atomic E-state index is 9.45. The summed E-state index contributed by atoms with van der Waals surface area (Å²) in [5, 5.41) is 10.2. The molecule has 1 fully saturated rings. The maximum Gasteiger partial charge on any atom is 0.0564 e. The van der Waals surface area contributed by atoms with Crippen LogP contribution in [0.1, 0.15) is 31.2 Å². The summed E-state index contributed by atoms with van der Waals surface area (Å²) in [6.45, 7) is 4.79. The fraction of sp³-hybridized carbons (Fsp3) is 0.647. The number of ether oxygens (including phenoxy) is 1. The number of hydrogen-bond donors (Lipinski definition) is 1. The number of nitrogens with zero attached hydrogens (tertiary/aromatic N) is 1. The van der Waals surface area contributed by atoms with E-state index in [-0.39, 0.29) is 6.10 Å². The fourth-order valence-electron chi connectivity index (χ4n) is 2.66. The first-order valence-corrected chi connectivity index (χ1v) is 8.34. The van der Waals surface area contributed by atoms with Crippen LogP contribution in [0.15, 0.2) is 24.3 Å². The Balaban J connectivity index is 1.44. The highest BCUT2D eigenvalue weighted by Gasteiger charge is 2.15. The van der Waals surface area contributed by atoms with E-state index < -0.39 is 0 Å². The van der Waals surface area contributed by atoms with Gasteiger partial charge in [-0.15, -0.1) is 0 Å². The van der Waals surface area contributed by atoms with Crippen LogP contribution in [0.4, 0.5) is 0 Å². The minimum absolute atomic E-state index is 0.0784. The Morgan fingerprint density at radius 2 is 1.76 bits per heavy atom. The van der Waals surface area contributed by atoms with Gasteiger partial charge in [0.2, 0.25) is 0 Å². The van der Waals surface area contributed by atoms with Crippen LogP contribution in [0.5, 0.6) is 0 Å². The average Bonchev–Trinajstić information content (AvgIpc) is 2.50. The number of aliphatic hydroxyl groups is 1. The number of aryl methyl sites for hydroxylation is 1. The molecule has 1 aliphatic heterocycles. The Morgan fingerprint density at radius 3 is 2.48 bits per heavy atom. The molecule has 4 heteroatoms. The van der Waals surface area contributed by atoms with Crippen LogP contribution in [0.2, 0.25) is 5.02 Å². The Hall–Kier alpha value is -0.610. The van der Waals surface area contributed by atoms with E-state index in [1.165, 1.54) is 5.56 Å². The van der Waals surface area contributed by atoms with Crippen LogP contribution < -0.4 is 0 Å². The zero-order valence-corrected chi connectivity index (χ0v) is 13.4. The van der Waals surface area contributed by atoms with E-state index in [9.17, 15) is 5.11 Å². The molecule has 0 saturated carbocycles. The minimum Gasteiger partial charge on any atom is -0.393 e. The van der Waals surface area contributed by atoms with Gasteiger partial charge in [-0.2, -0.15) is 0 Å². The van der Waals surface area contributed by atoms with E-state index in [1.807, 2.05) is 12.1 Å². The molecule has 2 rings (SSSR count). The van der Waals surface area contributed by atoms with Crippen molar-refractivity contribution in [2.24, 2.45) is 0 Å². The van der Waals surface area contributed by atoms with Crippen LogP contribution in [-0.2, 0) is 11.2 Å². The summed E-state index contributed by atoms with van der Waals surface area (Å²) in [5.74, 6) is 0. The molecule has 0 spiro atoms. The van der Waals surface area contributed by atoms with Gasteiger partial charge in [-0.1, -0.05) is 23.7 Å². The average molecular weight is 312 g/mol. The second-order valence-electron chi connectivity index (χ2n) is 5.77. The van der Waals surface area contributed by atoms with Crippen molar-refractivity contribution in [2.75, 3.05) is 32.8 Å². The molecule has 0 aromatic heterocycles. The first-order chi connectivity index (χ1) is 10.2.